The number of fused-ring (bicyclic) bond motifs is 1. The monoisotopic (exact) mass is 402 g/mol. The van der Waals surface area contributed by atoms with Crippen LogP contribution in [-0.2, 0) is 21.2 Å². The highest BCUT2D eigenvalue weighted by molar-refractivity contribution is 7.92. The number of carbonyl (C=O) groups is 1. The van der Waals surface area contributed by atoms with Crippen LogP contribution in [0.3, 0.4) is 0 Å². The van der Waals surface area contributed by atoms with Crippen molar-refractivity contribution in [3.8, 4) is 0 Å². The average Bonchev–Trinajstić information content (AvgIpc) is 3.12. The summed E-state index contributed by atoms with van der Waals surface area (Å²) in [5.41, 5.74) is 3.08. The molecule has 1 aliphatic heterocycles. The Bertz CT molecular complexity index is 939. The van der Waals surface area contributed by atoms with E-state index in [0.717, 1.165) is 17.5 Å². The number of amides is 1. The molecule has 1 heterocycles. The standard InChI is InChI=1S/C21H26N2O4S/c1-3-27-14-4-12-22-21(24)18-7-10-20-17(15-18)11-13-23(20)28(25,26)19-8-5-16(2)6-9-19/h5-10,15H,3-4,11-14H2,1-2H3,(H,22,24). The topological polar surface area (TPSA) is 75.7 Å². The van der Waals surface area contributed by atoms with Gasteiger partial charge in [-0.15, -0.1) is 0 Å². The van der Waals surface area contributed by atoms with Crippen molar-refractivity contribution in [1.29, 1.82) is 0 Å². The summed E-state index contributed by atoms with van der Waals surface area (Å²) in [4.78, 5) is 12.6. The maximum absolute atomic E-state index is 13.0. The smallest absolute Gasteiger partial charge is 0.264 e. The van der Waals surface area contributed by atoms with Crippen LogP contribution in [0.15, 0.2) is 47.4 Å². The molecule has 0 aliphatic carbocycles. The second-order valence-corrected chi connectivity index (χ2v) is 8.65. The summed E-state index contributed by atoms with van der Waals surface area (Å²) in [5, 5.41) is 2.87. The second kappa shape index (κ2) is 8.75. The van der Waals surface area contributed by atoms with Crippen LogP contribution >= 0.6 is 0 Å². The molecule has 7 heteroatoms. The van der Waals surface area contributed by atoms with Gasteiger partial charge in [-0.2, -0.15) is 0 Å². The number of nitrogens with one attached hydrogen (secondary N) is 1. The van der Waals surface area contributed by atoms with Crippen molar-refractivity contribution in [3.63, 3.8) is 0 Å². The van der Waals surface area contributed by atoms with Gasteiger partial charge in [-0.3, -0.25) is 9.10 Å². The van der Waals surface area contributed by atoms with Crippen LogP contribution in [0.25, 0.3) is 0 Å². The van der Waals surface area contributed by atoms with Gasteiger partial charge >= 0.3 is 0 Å². The lowest BCUT2D eigenvalue weighted by molar-refractivity contribution is 0.0944. The molecule has 150 valence electrons. The zero-order chi connectivity index (χ0) is 20.1. The van der Waals surface area contributed by atoms with E-state index in [1.165, 1.54) is 4.31 Å². The maximum atomic E-state index is 13.0. The van der Waals surface area contributed by atoms with Crippen molar-refractivity contribution in [2.75, 3.05) is 30.6 Å². The zero-order valence-electron chi connectivity index (χ0n) is 16.3. The lowest BCUT2D eigenvalue weighted by Crippen LogP contribution is -2.29. The molecule has 0 aromatic heterocycles. The molecule has 1 N–H and O–H groups in total. The van der Waals surface area contributed by atoms with Gasteiger partial charge in [0.05, 0.1) is 10.6 Å². The predicted molar refractivity (Wildman–Crippen MR) is 109 cm³/mol. The van der Waals surface area contributed by atoms with Gasteiger partial charge in [-0.1, -0.05) is 17.7 Å². The van der Waals surface area contributed by atoms with Crippen LogP contribution in [0.1, 0.15) is 34.8 Å². The second-order valence-electron chi connectivity index (χ2n) is 6.79. The lowest BCUT2D eigenvalue weighted by atomic mass is 10.1. The zero-order valence-corrected chi connectivity index (χ0v) is 17.1. The number of carbonyl (C=O) groups excluding carboxylic acids is 1. The SMILES string of the molecule is CCOCCCNC(=O)c1ccc2c(c1)CCN2S(=O)(=O)c1ccc(C)cc1. The minimum atomic E-state index is -3.61. The third-order valence-electron chi connectivity index (χ3n) is 4.76. The van der Waals surface area contributed by atoms with Crippen molar-refractivity contribution in [1.82, 2.24) is 5.32 Å². The Balaban J connectivity index is 1.72. The maximum Gasteiger partial charge on any atom is 0.264 e. The van der Waals surface area contributed by atoms with Gasteiger partial charge in [-0.05, 0) is 62.6 Å². The molecule has 0 unspecified atom stereocenters. The summed E-state index contributed by atoms with van der Waals surface area (Å²) in [6.45, 7) is 6.07. The van der Waals surface area contributed by atoms with E-state index in [-0.39, 0.29) is 10.8 Å². The third-order valence-corrected chi connectivity index (χ3v) is 6.59. The first kappa shape index (κ1) is 20.4. The number of nitrogens with zero attached hydrogens (tertiary/aromatic N) is 1. The third kappa shape index (κ3) is 4.36. The average molecular weight is 403 g/mol. The fourth-order valence-electron chi connectivity index (χ4n) is 3.22. The van der Waals surface area contributed by atoms with Crippen molar-refractivity contribution >= 4 is 21.6 Å². The highest BCUT2D eigenvalue weighted by atomic mass is 32.2. The van der Waals surface area contributed by atoms with Gasteiger partial charge in [0.25, 0.3) is 15.9 Å². The van der Waals surface area contributed by atoms with E-state index in [4.69, 9.17) is 4.74 Å². The summed E-state index contributed by atoms with van der Waals surface area (Å²) in [5.74, 6) is -0.154. The Hall–Kier alpha value is -2.38. The van der Waals surface area contributed by atoms with Crippen LogP contribution in [0.4, 0.5) is 5.69 Å². The number of sulfonamides is 1. The molecule has 0 spiro atoms. The van der Waals surface area contributed by atoms with Crippen LogP contribution in [0.5, 0.6) is 0 Å². The minimum Gasteiger partial charge on any atom is -0.382 e. The molecule has 0 fully saturated rings. The molecule has 0 radical (unpaired) electrons. The van der Waals surface area contributed by atoms with Crippen molar-refractivity contribution in [2.45, 2.75) is 31.6 Å². The molecule has 2 aromatic rings. The van der Waals surface area contributed by atoms with Crippen molar-refractivity contribution in [2.24, 2.45) is 0 Å². The normalized spacial score (nSPS) is 13.4. The number of hydrogen-bond acceptors (Lipinski definition) is 4. The summed E-state index contributed by atoms with van der Waals surface area (Å²) in [6, 6.07) is 12.0. The van der Waals surface area contributed by atoms with Crippen molar-refractivity contribution < 1.29 is 17.9 Å². The molecule has 2 aromatic carbocycles. The summed E-state index contributed by atoms with van der Waals surface area (Å²) in [7, 11) is -3.61. The molecule has 28 heavy (non-hydrogen) atoms. The Labute approximate surface area is 166 Å². The molecule has 1 amide bonds. The van der Waals surface area contributed by atoms with E-state index in [9.17, 15) is 13.2 Å². The van der Waals surface area contributed by atoms with E-state index in [0.29, 0.717) is 44.0 Å². The fraction of sp³-hybridized carbons (Fsp3) is 0.381. The van der Waals surface area contributed by atoms with E-state index < -0.39 is 10.0 Å². The van der Waals surface area contributed by atoms with Gasteiger partial charge in [0, 0.05) is 31.9 Å². The van der Waals surface area contributed by atoms with Crippen LogP contribution in [0.2, 0.25) is 0 Å². The fourth-order valence-corrected chi connectivity index (χ4v) is 4.73. The highest BCUT2D eigenvalue weighted by Gasteiger charge is 2.31. The first-order valence-corrected chi connectivity index (χ1v) is 11.0. The Morgan fingerprint density at radius 2 is 1.93 bits per heavy atom. The van der Waals surface area contributed by atoms with E-state index in [2.05, 4.69) is 5.32 Å². The van der Waals surface area contributed by atoms with Gasteiger partial charge in [0.1, 0.15) is 0 Å². The highest BCUT2D eigenvalue weighted by Crippen LogP contribution is 2.33. The molecule has 3 rings (SSSR count). The van der Waals surface area contributed by atoms with Crippen LogP contribution in [0, 0.1) is 6.92 Å². The largest absolute Gasteiger partial charge is 0.382 e. The molecule has 6 nitrogen and oxygen atoms in total. The summed E-state index contributed by atoms with van der Waals surface area (Å²) in [6.07, 6.45) is 1.35. The van der Waals surface area contributed by atoms with Crippen LogP contribution < -0.4 is 9.62 Å². The van der Waals surface area contributed by atoms with E-state index >= 15 is 0 Å². The molecular formula is C21H26N2O4S. The number of ether oxygens (including phenoxy) is 1. The molecule has 0 saturated heterocycles. The first-order chi connectivity index (χ1) is 13.4. The van der Waals surface area contributed by atoms with Gasteiger partial charge in [0.2, 0.25) is 0 Å². The summed E-state index contributed by atoms with van der Waals surface area (Å²) >= 11 is 0. The molecule has 0 atom stereocenters. The first-order valence-electron chi connectivity index (χ1n) is 9.51. The summed E-state index contributed by atoms with van der Waals surface area (Å²) < 4.78 is 32.7. The Kier molecular flexibility index (Phi) is 6.36. The van der Waals surface area contributed by atoms with Crippen molar-refractivity contribution in [3.05, 3.63) is 59.2 Å². The van der Waals surface area contributed by atoms with Gasteiger partial charge in [-0.25, -0.2) is 8.42 Å². The Morgan fingerprint density at radius 3 is 2.64 bits per heavy atom. The number of benzene rings is 2. The van der Waals surface area contributed by atoms with Gasteiger partial charge < -0.3 is 10.1 Å². The number of hydrogen-bond donors (Lipinski definition) is 1. The predicted octanol–water partition coefficient (Wildman–Crippen LogP) is 2.90. The Morgan fingerprint density at radius 1 is 1.18 bits per heavy atom. The van der Waals surface area contributed by atoms with Crippen LogP contribution in [-0.4, -0.2) is 40.6 Å². The quantitative estimate of drug-likeness (QED) is 0.689. The molecule has 0 saturated carbocycles. The molecule has 1 aliphatic rings. The number of aryl methyl sites for hydroxylation is 1. The number of anilines is 1. The van der Waals surface area contributed by atoms with E-state index in [1.807, 2.05) is 13.8 Å². The van der Waals surface area contributed by atoms with Gasteiger partial charge in [0.15, 0.2) is 0 Å². The minimum absolute atomic E-state index is 0.154. The van der Waals surface area contributed by atoms with E-state index in [1.54, 1.807) is 42.5 Å². The number of rotatable bonds is 8. The lowest BCUT2D eigenvalue weighted by Gasteiger charge is -2.20. The molecule has 0 bridgehead atoms. The molecular weight excluding hydrogens is 376 g/mol.